The zero-order valence-electron chi connectivity index (χ0n) is 24.2. The summed E-state index contributed by atoms with van der Waals surface area (Å²) in [5.74, 6) is 0.0186. The number of rotatable bonds is 10. The molecule has 11 nitrogen and oxygen atoms in total. The Morgan fingerprint density at radius 2 is 1.88 bits per heavy atom. The number of carbonyl (C=O) groups excluding carboxylic acids is 1. The van der Waals surface area contributed by atoms with Crippen molar-refractivity contribution < 1.29 is 34.0 Å². The third-order valence-electron chi connectivity index (χ3n) is 8.18. The van der Waals surface area contributed by atoms with Crippen LogP contribution in [0.5, 0.6) is 11.8 Å². The molecule has 3 fully saturated rings. The smallest absolute Gasteiger partial charge is 0.316 e. The van der Waals surface area contributed by atoms with Crippen molar-refractivity contribution in [2.75, 3.05) is 34.4 Å². The Bertz CT molecular complexity index is 1380. The van der Waals surface area contributed by atoms with Gasteiger partial charge < -0.3 is 24.4 Å². The summed E-state index contributed by atoms with van der Waals surface area (Å²) in [5.41, 5.74) is 2.41. The van der Waals surface area contributed by atoms with E-state index in [4.69, 9.17) is 14.6 Å². The first kappa shape index (κ1) is 30.9. The summed E-state index contributed by atoms with van der Waals surface area (Å²) in [6.07, 6.45) is 8.30. The summed E-state index contributed by atoms with van der Waals surface area (Å²) >= 11 is 0. The van der Waals surface area contributed by atoms with Gasteiger partial charge in [0.05, 0.1) is 45.8 Å². The molecule has 3 aromatic rings. The number of aliphatic hydroxyl groups excluding tert-OH is 1. The number of aliphatic hydroxyl groups is 1. The first-order valence-corrected chi connectivity index (χ1v) is 13.9. The van der Waals surface area contributed by atoms with Gasteiger partial charge in [-0.25, -0.2) is 9.97 Å². The van der Waals surface area contributed by atoms with Crippen molar-refractivity contribution in [3.8, 4) is 11.8 Å². The van der Waals surface area contributed by atoms with Crippen LogP contribution in [0.1, 0.15) is 48.8 Å². The van der Waals surface area contributed by atoms with Gasteiger partial charge >= 0.3 is 17.9 Å². The van der Waals surface area contributed by atoms with Crippen LogP contribution in [-0.2, 0) is 14.3 Å². The number of hydrogen-bond donors (Lipinski definition) is 2. The van der Waals surface area contributed by atoms with E-state index in [1.165, 1.54) is 33.0 Å². The molecule has 42 heavy (non-hydrogen) atoms. The fourth-order valence-electron chi connectivity index (χ4n) is 5.89. The highest BCUT2D eigenvalue weighted by Gasteiger charge is 2.42. The highest BCUT2D eigenvalue weighted by molar-refractivity contribution is 5.84. The molecule has 6 rings (SSSR count). The predicted molar refractivity (Wildman–Crippen MR) is 155 cm³/mol. The van der Waals surface area contributed by atoms with Gasteiger partial charge in [-0.05, 0) is 66.6 Å². The zero-order valence-corrected chi connectivity index (χ0v) is 24.2. The molecule has 3 saturated heterocycles. The summed E-state index contributed by atoms with van der Waals surface area (Å²) in [5, 5.41) is 20.9. The number of nitrogens with zero attached hydrogens (tertiary/aromatic N) is 4. The van der Waals surface area contributed by atoms with E-state index in [9.17, 15) is 14.7 Å². The number of aliphatic carboxylic acids is 1. The first-order valence-electron chi connectivity index (χ1n) is 13.9. The summed E-state index contributed by atoms with van der Waals surface area (Å²) < 4.78 is 14.7. The third-order valence-corrected chi connectivity index (χ3v) is 8.18. The Morgan fingerprint density at radius 1 is 1.12 bits per heavy atom. The van der Waals surface area contributed by atoms with Crippen molar-refractivity contribution in [2.24, 2.45) is 11.8 Å². The molecule has 6 atom stereocenters. The lowest BCUT2D eigenvalue weighted by molar-refractivity contribution is -0.141. The molecule has 11 heteroatoms. The standard InChI is InChI=1S/C20H24N2O2.C11H14N2O5/c1-3-13-12-22-9-7-14(13)10-19(22)20(23)16-6-8-21-18-5-4-15(24-2)11-17(16)18;1-17-10(16)4-7(3-9(14)15)8-5-12-11(18-2)13-6-8/h3-6,8,11,13-14,19-20,23H,1,7,9-10,12H2,2H3;5-7H,3-4H2,1-2H3,(H,14,15)/t13-,14-,19-,20+;7-/m01/s1. The number of carboxylic acid groups (broad SMARTS) is 1. The second kappa shape index (κ2) is 14.2. The van der Waals surface area contributed by atoms with Crippen molar-refractivity contribution in [1.82, 2.24) is 19.9 Å². The van der Waals surface area contributed by atoms with Gasteiger partial charge in [0, 0.05) is 42.5 Å². The molecule has 3 aliphatic heterocycles. The van der Waals surface area contributed by atoms with Gasteiger partial charge in [0.1, 0.15) is 5.75 Å². The van der Waals surface area contributed by atoms with Crippen molar-refractivity contribution >= 4 is 22.8 Å². The maximum Gasteiger partial charge on any atom is 0.316 e. The molecule has 3 aliphatic rings. The molecule has 224 valence electrons. The molecular weight excluding hydrogens is 540 g/mol. The summed E-state index contributed by atoms with van der Waals surface area (Å²) in [4.78, 5) is 36.6. The summed E-state index contributed by atoms with van der Waals surface area (Å²) in [6.45, 7) is 6.07. The predicted octanol–water partition coefficient (Wildman–Crippen LogP) is 3.78. The summed E-state index contributed by atoms with van der Waals surface area (Å²) in [7, 11) is 4.34. The van der Waals surface area contributed by atoms with Gasteiger partial charge in [0.15, 0.2) is 0 Å². The SMILES string of the molecule is C=C[C@H]1CN2CC[C@H]1C[C@H]2[C@H](O)c1ccnc2ccc(OC)cc12.COC(=O)C[C@@H](CC(=O)O)c1cnc(OC)nc1. The van der Waals surface area contributed by atoms with E-state index in [0.717, 1.165) is 41.7 Å². The number of methoxy groups -OCH3 is 3. The third kappa shape index (κ3) is 7.21. The highest BCUT2D eigenvalue weighted by Crippen LogP contribution is 2.42. The average molecular weight is 579 g/mol. The van der Waals surface area contributed by atoms with E-state index < -0.39 is 24.0 Å². The Hall–Kier alpha value is -4.09. The maximum atomic E-state index is 11.2. The van der Waals surface area contributed by atoms with Crippen molar-refractivity contribution in [3.05, 3.63) is 66.6 Å². The van der Waals surface area contributed by atoms with Crippen molar-refractivity contribution in [3.63, 3.8) is 0 Å². The Balaban J connectivity index is 0.000000202. The number of piperidine rings is 3. The molecule has 0 saturated carbocycles. The van der Waals surface area contributed by atoms with Crippen LogP contribution in [0.2, 0.25) is 0 Å². The molecule has 1 aromatic carbocycles. The quantitative estimate of drug-likeness (QED) is 0.268. The van der Waals surface area contributed by atoms with Gasteiger partial charge in [0.2, 0.25) is 0 Å². The molecule has 0 amide bonds. The van der Waals surface area contributed by atoms with Crippen LogP contribution in [0.3, 0.4) is 0 Å². The fraction of sp³-hybridized carbons (Fsp3) is 0.452. The molecule has 0 spiro atoms. The van der Waals surface area contributed by atoms with Crippen LogP contribution in [0, 0.1) is 11.8 Å². The van der Waals surface area contributed by atoms with E-state index in [1.54, 1.807) is 13.3 Å². The molecule has 2 bridgehead atoms. The Morgan fingerprint density at radius 3 is 2.48 bits per heavy atom. The number of ether oxygens (including phenoxy) is 3. The second-order valence-electron chi connectivity index (χ2n) is 10.6. The van der Waals surface area contributed by atoms with E-state index in [1.807, 2.05) is 24.3 Å². The maximum absolute atomic E-state index is 11.2. The number of benzene rings is 1. The number of esters is 1. The largest absolute Gasteiger partial charge is 0.497 e. The van der Waals surface area contributed by atoms with Gasteiger partial charge in [-0.1, -0.05) is 6.08 Å². The van der Waals surface area contributed by atoms with Gasteiger partial charge in [-0.2, -0.15) is 0 Å². The lowest BCUT2D eigenvalue weighted by atomic mass is 9.73. The topological polar surface area (TPSA) is 144 Å². The average Bonchev–Trinajstić information content (AvgIpc) is 3.03. The van der Waals surface area contributed by atoms with Crippen LogP contribution in [0.25, 0.3) is 10.9 Å². The number of pyridine rings is 1. The molecular formula is C31H38N4O7. The molecule has 2 N–H and O–H groups in total. The van der Waals surface area contributed by atoms with Gasteiger partial charge in [0.25, 0.3) is 0 Å². The van der Waals surface area contributed by atoms with Crippen LogP contribution in [0.15, 0.2) is 55.5 Å². The van der Waals surface area contributed by atoms with E-state index in [2.05, 4.69) is 37.2 Å². The molecule has 1 unspecified atom stereocenters. The summed E-state index contributed by atoms with van der Waals surface area (Å²) in [6, 6.07) is 8.14. The Labute approximate surface area is 245 Å². The van der Waals surface area contributed by atoms with Crippen LogP contribution in [-0.4, -0.2) is 82.5 Å². The first-order chi connectivity index (χ1) is 20.3. The second-order valence-corrected chi connectivity index (χ2v) is 10.6. The minimum Gasteiger partial charge on any atom is -0.497 e. The monoisotopic (exact) mass is 578 g/mol. The number of carboxylic acids is 1. The minimum atomic E-state index is -1.00. The van der Waals surface area contributed by atoms with Crippen molar-refractivity contribution in [2.45, 2.75) is 43.7 Å². The number of hydrogen-bond acceptors (Lipinski definition) is 10. The highest BCUT2D eigenvalue weighted by atomic mass is 16.5. The fourth-order valence-corrected chi connectivity index (χ4v) is 5.89. The lowest BCUT2D eigenvalue weighted by Gasteiger charge is -2.50. The van der Waals surface area contributed by atoms with Gasteiger partial charge in [-0.15, -0.1) is 6.58 Å². The lowest BCUT2D eigenvalue weighted by Crippen LogP contribution is -2.54. The molecule has 0 radical (unpaired) electrons. The Kier molecular flexibility index (Phi) is 10.4. The zero-order chi connectivity index (χ0) is 30.2. The normalized spacial score (nSPS) is 22.3. The van der Waals surface area contributed by atoms with Crippen LogP contribution in [0.4, 0.5) is 0 Å². The van der Waals surface area contributed by atoms with Gasteiger partial charge in [-0.3, -0.25) is 19.5 Å². The number of carbonyl (C=O) groups is 2. The minimum absolute atomic E-state index is 0.0293. The van der Waals surface area contributed by atoms with Crippen molar-refractivity contribution in [1.29, 1.82) is 0 Å². The van der Waals surface area contributed by atoms with E-state index in [0.29, 0.717) is 17.4 Å². The molecule has 5 heterocycles. The number of fused-ring (bicyclic) bond motifs is 4. The van der Waals surface area contributed by atoms with Crippen LogP contribution >= 0.6 is 0 Å². The number of aromatic nitrogens is 3. The molecule has 2 aromatic heterocycles. The van der Waals surface area contributed by atoms with Crippen LogP contribution < -0.4 is 9.47 Å². The van der Waals surface area contributed by atoms with E-state index >= 15 is 0 Å². The van der Waals surface area contributed by atoms with E-state index in [-0.39, 0.29) is 24.9 Å². The molecule has 0 aliphatic carbocycles.